The van der Waals surface area contributed by atoms with Gasteiger partial charge in [0.1, 0.15) is 17.6 Å². The van der Waals surface area contributed by atoms with Crippen LogP contribution >= 0.6 is 0 Å². The van der Waals surface area contributed by atoms with Gasteiger partial charge in [-0.1, -0.05) is 60.7 Å². The van der Waals surface area contributed by atoms with Crippen LogP contribution in [0.2, 0.25) is 0 Å². The summed E-state index contributed by atoms with van der Waals surface area (Å²) in [6.07, 6.45) is 0.770. The number of methoxy groups -OCH3 is 1. The highest BCUT2D eigenvalue weighted by Gasteiger charge is 2.33. The molecule has 0 aliphatic rings. The van der Waals surface area contributed by atoms with Gasteiger partial charge >= 0.3 is 0 Å². The van der Waals surface area contributed by atoms with Crippen molar-refractivity contribution >= 4 is 6.29 Å². The molecule has 3 aromatic carbocycles. The number of hydrogen-bond acceptors (Lipinski definition) is 4. The van der Waals surface area contributed by atoms with Crippen LogP contribution in [0.25, 0.3) is 0 Å². The van der Waals surface area contributed by atoms with Crippen LogP contribution in [-0.4, -0.2) is 23.6 Å². The molecule has 3 rings (SSSR count). The van der Waals surface area contributed by atoms with Gasteiger partial charge in [0, 0.05) is 5.56 Å². The molecule has 0 bridgehead atoms. The fraction of sp³-hybridized carbons (Fsp3) is 0.136. The molecular weight excluding hydrogens is 328 g/mol. The van der Waals surface area contributed by atoms with E-state index in [9.17, 15) is 15.0 Å². The lowest BCUT2D eigenvalue weighted by Gasteiger charge is -2.30. The van der Waals surface area contributed by atoms with Gasteiger partial charge in [-0.2, -0.15) is 0 Å². The van der Waals surface area contributed by atoms with Crippen LogP contribution in [0, 0.1) is 0 Å². The molecular formula is C22H20O4. The van der Waals surface area contributed by atoms with Crippen molar-refractivity contribution in [3.8, 4) is 5.75 Å². The Labute approximate surface area is 152 Å². The van der Waals surface area contributed by atoms with Gasteiger partial charge in [-0.15, -0.1) is 0 Å². The van der Waals surface area contributed by atoms with E-state index in [0.717, 1.165) is 11.8 Å². The van der Waals surface area contributed by atoms with Crippen LogP contribution in [0.4, 0.5) is 0 Å². The summed E-state index contributed by atoms with van der Waals surface area (Å²) in [5, 5.41) is 21.0. The minimum atomic E-state index is -1.40. The second-order valence-corrected chi connectivity index (χ2v) is 6.03. The number of ether oxygens (including phenoxy) is 1. The van der Waals surface area contributed by atoms with E-state index < -0.39 is 5.60 Å². The number of benzene rings is 3. The van der Waals surface area contributed by atoms with Crippen LogP contribution in [0.15, 0.2) is 72.8 Å². The third-order valence-electron chi connectivity index (χ3n) is 4.53. The zero-order valence-electron chi connectivity index (χ0n) is 14.4. The Kier molecular flexibility index (Phi) is 5.16. The predicted octanol–water partition coefficient (Wildman–Crippen LogP) is 3.28. The first-order valence-corrected chi connectivity index (χ1v) is 8.24. The second kappa shape index (κ2) is 7.52. The quantitative estimate of drug-likeness (QED) is 0.530. The standard InChI is InChI=1S/C22H20O4/c1-26-21-12-10-20(11-13-21)22(25,18-6-2-16(14-23)3-7-18)19-8-4-17(15-24)5-9-19/h2-14,24-25H,15H2,1H3. The highest BCUT2D eigenvalue weighted by Crippen LogP contribution is 2.37. The maximum Gasteiger partial charge on any atom is 0.150 e. The first-order chi connectivity index (χ1) is 12.6. The van der Waals surface area contributed by atoms with Crippen molar-refractivity contribution in [1.82, 2.24) is 0 Å². The van der Waals surface area contributed by atoms with Gasteiger partial charge < -0.3 is 14.9 Å². The second-order valence-electron chi connectivity index (χ2n) is 6.03. The fourth-order valence-electron chi connectivity index (χ4n) is 2.99. The lowest BCUT2D eigenvalue weighted by Crippen LogP contribution is -2.28. The van der Waals surface area contributed by atoms with Crippen molar-refractivity contribution in [2.45, 2.75) is 12.2 Å². The van der Waals surface area contributed by atoms with E-state index >= 15 is 0 Å². The summed E-state index contributed by atoms with van der Waals surface area (Å²) >= 11 is 0. The lowest BCUT2D eigenvalue weighted by molar-refractivity contribution is 0.112. The Morgan fingerprint density at radius 2 is 1.31 bits per heavy atom. The molecule has 3 aromatic rings. The van der Waals surface area contributed by atoms with Crippen molar-refractivity contribution in [2.24, 2.45) is 0 Å². The third kappa shape index (κ3) is 3.25. The molecule has 0 saturated heterocycles. The molecule has 132 valence electrons. The van der Waals surface area contributed by atoms with Gasteiger partial charge in [-0.05, 0) is 34.4 Å². The van der Waals surface area contributed by atoms with Crippen molar-refractivity contribution < 1.29 is 19.7 Å². The minimum absolute atomic E-state index is 0.0602. The maximum atomic E-state index is 11.7. The average Bonchev–Trinajstić information content (AvgIpc) is 2.73. The average molecular weight is 348 g/mol. The summed E-state index contributed by atoms with van der Waals surface area (Å²) in [6, 6.07) is 21.2. The van der Waals surface area contributed by atoms with E-state index in [4.69, 9.17) is 4.74 Å². The molecule has 0 fully saturated rings. The van der Waals surface area contributed by atoms with E-state index in [1.165, 1.54) is 0 Å². The van der Waals surface area contributed by atoms with Gasteiger partial charge in [0.25, 0.3) is 0 Å². The fourth-order valence-corrected chi connectivity index (χ4v) is 2.99. The molecule has 0 heterocycles. The Bertz CT molecular complexity index is 818. The minimum Gasteiger partial charge on any atom is -0.497 e. The normalized spacial score (nSPS) is 13.0. The van der Waals surface area contributed by atoms with Gasteiger partial charge in [-0.3, -0.25) is 4.79 Å². The monoisotopic (exact) mass is 348 g/mol. The lowest BCUT2D eigenvalue weighted by atomic mass is 9.80. The van der Waals surface area contributed by atoms with Crippen molar-refractivity contribution in [1.29, 1.82) is 0 Å². The SMILES string of the molecule is COc1ccc(C(O)(c2ccc(C=O)cc2)c2ccc(CO)cc2)cc1. The van der Waals surface area contributed by atoms with E-state index in [1.807, 2.05) is 12.1 Å². The number of carbonyl (C=O) groups excluding carboxylic acids is 1. The topological polar surface area (TPSA) is 66.8 Å². The highest BCUT2D eigenvalue weighted by molar-refractivity contribution is 5.74. The number of rotatable bonds is 6. The Morgan fingerprint density at radius 3 is 1.73 bits per heavy atom. The number of hydrogen-bond donors (Lipinski definition) is 2. The molecule has 0 spiro atoms. The predicted molar refractivity (Wildman–Crippen MR) is 99.3 cm³/mol. The summed E-state index contributed by atoms with van der Waals surface area (Å²) < 4.78 is 5.21. The number of aldehydes is 1. The number of carbonyl (C=O) groups is 1. The van der Waals surface area contributed by atoms with Gasteiger partial charge in [0.2, 0.25) is 0 Å². The third-order valence-corrected chi connectivity index (χ3v) is 4.53. The Hall–Kier alpha value is -2.95. The van der Waals surface area contributed by atoms with Crippen LogP contribution in [0.3, 0.4) is 0 Å². The molecule has 0 aromatic heterocycles. The molecule has 1 unspecified atom stereocenters. The molecule has 0 aliphatic heterocycles. The van der Waals surface area contributed by atoms with E-state index in [0.29, 0.717) is 28.0 Å². The maximum absolute atomic E-state index is 11.7. The molecule has 0 saturated carbocycles. The van der Waals surface area contributed by atoms with Crippen LogP contribution < -0.4 is 4.74 Å². The smallest absolute Gasteiger partial charge is 0.150 e. The van der Waals surface area contributed by atoms with Crippen LogP contribution in [0.1, 0.15) is 32.6 Å². The molecule has 2 N–H and O–H groups in total. The van der Waals surface area contributed by atoms with Crippen LogP contribution in [-0.2, 0) is 12.2 Å². The summed E-state index contributed by atoms with van der Waals surface area (Å²) in [7, 11) is 1.59. The van der Waals surface area contributed by atoms with Crippen molar-refractivity contribution in [3.05, 3.63) is 101 Å². The summed E-state index contributed by atoms with van der Waals surface area (Å²) in [5.41, 5.74) is 1.89. The first kappa shape index (κ1) is 17.9. The molecule has 26 heavy (non-hydrogen) atoms. The van der Waals surface area contributed by atoms with Crippen molar-refractivity contribution in [3.63, 3.8) is 0 Å². The molecule has 0 amide bonds. The number of aliphatic hydroxyl groups is 2. The largest absolute Gasteiger partial charge is 0.497 e. The molecule has 4 nitrogen and oxygen atoms in total. The van der Waals surface area contributed by atoms with Gasteiger partial charge in [0.05, 0.1) is 13.7 Å². The van der Waals surface area contributed by atoms with E-state index in [2.05, 4.69) is 0 Å². The Morgan fingerprint density at radius 1 is 0.846 bits per heavy atom. The molecule has 4 heteroatoms. The van der Waals surface area contributed by atoms with Gasteiger partial charge in [-0.25, -0.2) is 0 Å². The van der Waals surface area contributed by atoms with Crippen molar-refractivity contribution in [2.75, 3.05) is 7.11 Å². The van der Waals surface area contributed by atoms with Gasteiger partial charge in [0.15, 0.2) is 0 Å². The zero-order valence-corrected chi connectivity index (χ0v) is 14.4. The van der Waals surface area contributed by atoms with E-state index in [-0.39, 0.29) is 6.61 Å². The van der Waals surface area contributed by atoms with Crippen LogP contribution in [0.5, 0.6) is 5.75 Å². The summed E-state index contributed by atoms with van der Waals surface area (Å²) in [6.45, 7) is -0.0602. The highest BCUT2D eigenvalue weighted by atomic mass is 16.5. The molecule has 0 radical (unpaired) electrons. The summed E-state index contributed by atoms with van der Waals surface area (Å²) in [4.78, 5) is 10.9. The van der Waals surface area contributed by atoms with E-state index in [1.54, 1.807) is 67.8 Å². The molecule has 1 atom stereocenters. The zero-order chi connectivity index (χ0) is 18.6. The summed E-state index contributed by atoms with van der Waals surface area (Å²) in [5.74, 6) is 0.697. The molecule has 0 aliphatic carbocycles. The number of aliphatic hydroxyl groups excluding tert-OH is 1. The first-order valence-electron chi connectivity index (χ1n) is 8.24. The Balaban J connectivity index is 2.16.